The van der Waals surface area contributed by atoms with Gasteiger partial charge in [0.25, 0.3) is 0 Å². The van der Waals surface area contributed by atoms with Crippen LogP contribution in [-0.4, -0.2) is 14.7 Å². The van der Waals surface area contributed by atoms with E-state index >= 15 is 0 Å². The Hall–Kier alpha value is -1.11. The van der Waals surface area contributed by atoms with Crippen LogP contribution in [0.1, 0.15) is 24.5 Å². The highest BCUT2D eigenvalue weighted by atomic mass is 31.2. The van der Waals surface area contributed by atoms with Crippen LogP contribution in [0.3, 0.4) is 0 Å². The Morgan fingerprint density at radius 1 is 1.24 bits per heavy atom. The molecule has 0 heterocycles. The van der Waals surface area contributed by atoms with Gasteiger partial charge >= 0.3 is 7.82 Å². The van der Waals surface area contributed by atoms with Crippen LogP contribution in [0.15, 0.2) is 24.3 Å². The lowest BCUT2D eigenvalue weighted by Crippen LogP contribution is -1.91. The maximum atomic E-state index is 8.88. The first kappa shape index (κ1) is 15.9. The van der Waals surface area contributed by atoms with Gasteiger partial charge in [-0.25, -0.2) is 4.57 Å². The second kappa shape index (κ2) is 8.05. The van der Waals surface area contributed by atoms with E-state index < -0.39 is 7.82 Å². The maximum Gasteiger partial charge on any atom is 0.466 e. The number of hydrogen-bond acceptors (Lipinski definition) is 1. The fourth-order valence-electron chi connectivity index (χ4n) is 1.35. The van der Waals surface area contributed by atoms with Crippen molar-refractivity contribution < 1.29 is 19.2 Å². The number of phosphoric acid groups is 1. The van der Waals surface area contributed by atoms with Crippen molar-refractivity contribution in [2.24, 2.45) is 0 Å². The molecule has 1 aromatic rings. The van der Waals surface area contributed by atoms with Gasteiger partial charge in [-0.1, -0.05) is 37.6 Å². The molecule has 0 amide bonds. The number of benzene rings is 1. The van der Waals surface area contributed by atoms with Crippen molar-refractivity contribution in [2.45, 2.75) is 26.2 Å². The number of aryl methyl sites for hydroxylation is 1. The van der Waals surface area contributed by atoms with Gasteiger partial charge in [0, 0.05) is 6.42 Å². The SMILES string of the molecule is C#CCc1ccccc1CCC.O=P(O)(O)O. The van der Waals surface area contributed by atoms with E-state index in [4.69, 9.17) is 25.7 Å². The molecule has 0 aliphatic heterocycles. The van der Waals surface area contributed by atoms with E-state index in [9.17, 15) is 0 Å². The maximum absolute atomic E-state index is 8.88. The molecule has 0 spiro atoms. The van der Waals surface area contributed by atoms with Crippen molar-refractivity contribution in [1.82, 2.24) is 0 Å². The smallest absolute Gasteiger partial charge is 0.303 e. The van der Waals surface area contributed by atoms with Gasteiger partial charge in [-0.15, -0.1) is 12.3 Å². The minimum absolute atomic E-state index is 0.760. The average Bonchev–Trinajstić information content (AvgIpc) is 2.19. The Balaban J connectivity index is 0.000000437. The third-order valence-electron chi connectivity index (χ3n) is 1.93. The monoisotopic (exact) mass is 256 g/mol. The van der Waals surface area contributed by atoms with Crippen LogP contribution in [0.2, 0.25) is 0 Å². The Morgan fingerprint density at radius 2 is 1.71 bits per heavy atom. The van der Waals surface area contributed by atoms with Crippen LogP contribution in [-0.2, 0) is 17.4 Å². The van der Waals surface area contributed by atoms with E-state index in [2.05, 4.69) is 31.0 Å². The molecule has 0 aliphatic rings. The molecule has 0 aliphatic carbocycles. The molecule has 4 nitrogen and oxygen atoms in total. The number of rotatable bonds is 3. The summed E-state index contributed by atoms with van der Waals surface area (Å²) in [6.07, 6.45) is 8.35. The lowest BCUT2D eigenvalue weighted by Gasteiger charge is -2.04. The third kappa shape index (κ3) is 9.80. The van der Waals surface area contributed by atoms with Crippen molar-refractivity contribution in [2.75, 3.05) is 0 Å². The van der Waals surface area contributed by atoms with Gasteiger partial charge in [0.1, 0.15) is 0 Å². The second-order valence-electron chi connectivity index (χ2n) is 3.41. The summed E-state index contributed by atoms with van der Waals surface area (Å²) in [5.74, 6) is 2.68. The molecule has 0 radical (unpaired) electrons. The molecule has 0 saturated carbocycles. The number of hydrogen-bond donors (Lipinski definition) is 3. The molecule has 0 bridgehead atoms. The van der Waals surface area contributed by atoms with Crippen molar-refractivity contribution in [3.8, 4) is 12.3 Å². The minimum atomic E-state index is -4.64. The van der Waals surface area contributed by atoms with E-state index in [1.54, 1.807) is 0 Å². The summed E-state index contributed by atoms with van der Waals surface area (Å²) in [6.45, 7) is 2.19. The lowest BCUT2D eigenvalue weighted by molar-refractivity contribution is 0.275. The molecule has 0 atom stereocenters. The fourth-order valence-corrected chi connectivity index (χ4v) is 1.35. The van der Waals surface area contributed by atoms with Crippen LogP contribution >= 0.6 is 7.82 Å². The van der Waals surface area contributed by atoms with Crippen molar-refractivity contribution in [3.63, 3.8) is 0 Å². The lowest BCUT2D eigenvalue weighted by atomic mass is 10.0. The zero-order valence-corrected chi connectivity index (χ0v) is 10.6. The van der Waals surface area contributed by atoms with E-state index in [1.165, 1.54) is 17.5 Å². The fraction of sp³-hybridized carbons (Fsp3) is 0.333. The summed E-state index contributed by atoms with van der Waals surface area (Å²) < 4.78 is 8.88. The van der Waals surface area contributed by atoms with E-state index in [1.807, 2.05) is 6.07 Å². The van der Waals surface area contributed by atoms with E-state index in [0.29, 0.717) is 0 Å². The van der Waals surface area contributed by atoms with Crippen LogP contribution < -0.4 is 0 Å². The molecule has 0 unspecified atom stereocenters. The highest BCUT2D eigenvalue weighted by Crippen LogP contribution is 2.25. The van der Waals surface area contributed by atoms with E-state index in [0.717, 1.165) is 12.8 Å². The van der Waals surface area contributed by atoms with Gasteiger partial charge < -0.3 is 14.7 Å². The highest BCUT2D eigenvalue weighted by molar-refractivity contribution is 7.45. The van der Waals surface area contributed by atoms with Crippen LogP contribution in [0.25, 0.3) is 0 Å². The molecule has 1 rings (SSSR count). The van der Waals surface area contributed by atoms with Gasteiger partial charge in [0.05, 0.1) is 0 Å². The highest BCUT2D eigenvalue weighted by Gasteiger charge is 2.00. The molecule has 5 heteroatoms. The number of terminal acetylenes is 1. The molecule has 3 N–H and O–H groups in total. The van der Waals surface area contributed by atoms with Gasteiger partial charge in [0.2, 0.25) is 0 Å². The average molecular weight is 256 g/mol. The van der Waals surface area contributed by atoms with Crippen molar-refractivity contribution in [1.29, 1.82) is 0 Å². The van der Waals surface area contributed by atoms with Gasteiger partial charge in [0.15, 0.2) is 0 Å². The molecule has 1 aromatic carbocycles. The summed E-state index contributed by atoms with van der Waals surface area (Å²) in [6, 6.07) is 8.40. The Morgan fingerprint density at radius 3 is 2.12 bits per heavy atom. The largest absolute Gasteiger partial charge is 0.466 e. The van der Waals surface area contributed by atoms with Gasteiger partial charge in [-0.2, -0.15) is 0 Å². The summed E-state index contributed by atoms with van der Waals surface area (Å²) in [7, 11) is -4.64. The zero-order chi connectivity index (χ0) is 13.3. The summed E-state index contributed by atoms with van der Waals surface area (Å²) in [4.78, 5) is 21.6. The molecule has 0 fully saturated rings. The second-order valence-corrected chi connectivity index (χ2v) is 4.44. The normalized spacial score (nSPS) is 10.1. The van der Waals surface area contributed by atoms with Crippen molar-refractivity contribution >= 4 is 7.82 Å². The first-order chi connectivity index (χ1) is 7.88. The Kier molecular flexibility index (Phi) is 7.53. The quantitative estimate of drug-likeness (QED) is 0.570. The molecular weight excluding hydrogens is 239 g/mol. The van der Waals surface area contributed by atoms with E-state index in [-0.39, 0.29) is 0 Å². The van der Waals surface area contributed by atoms with Crippen LogP contribution in [0, 0.1) is 12.3 Å². The van der Waals surface area contributed by atoms with Gasteiger partial charge in [-0.05, 0) is 17.5 Å². The molecular formula is C12H17O4P. The topological polar surface area (TPSA) is 77.8 Å². The van der Waals surface area contributed by atoms with Crippen LogP contribution in [0.5, 0.6) is 0 Å². The molecule has 94 valence electrons. The zero-order valence-electron chi connectivity index (χ0n) is 9.71. The summed E-state index contributed by atoms with van der Waals surface area (Å²) in [5.41, 5.74) is 2.71. The first-order valence-corrected chi connectivity index (χ1v) is 6.73. The predicted molar refractivity (Wildman–Crippen MR) is 67.2 cm³/mol. The van der Waals surface area contributed by atoms with Crippen molar-refractivity contribution in [3.05, 3.63) is 35.4 Å². The molecule has 0 aromatic heterocycles. The molecule has 0 saturated heterocycles. The first-order valence-electron chi connectivity index (χ1n) is 5.17. The van der Waals surface area contributed by atoms with Gasteiger partial charge in [-0.3, -0.25) is 0 Å². The third-order valence-corrected chi connectivity index (χ3v) is 1.93. The Bertz CT molecular complexity index is 408. The summed E-state index contributed by atoms with van der Waals surface area (Å²) in [5, 5.41) is 0. The minimum Gasteiger partial charge on any atom is -0.303 e. The van der Waals surface area contributed by atoms with Crippen LogP contribution in [0.4, 0.5) is 0 Å². The summed E-state index contributed by atoms with van der Waals surface area (Å²) >= 11 is 0. The predicted octanol–water partition coefficient (Wildman–Crippen LogP) is 1.89. The molecule has 17 heavy (non-hydrogen) atoms. The Labute approximate surface area is 102 Å². The standard InChI is InChI=1S/C12H14.H3O4P/c1-3-7-11-9-5-6-10-12(11)8-4-2;1-5(2,3)4/h1,5-6,9-10H,4,7-8H2,2H3;(H3,1,2,3,4).